The van der Waals surface area contributed by atoms with E-state index in [1.54, 1.807) is 4.98 Å². The standard InChI is InChI=1S/C12H11F3N4O2.ClH/c13-12(14,15)7-3-2-6(8(20)17-7)9-18-10(19-21-9)11(16)4-1-5-11;/h2-3H,1,4-5,16H2,(H,17,20);1H. The zero-order chi connectivity index (χ0) is 15.3. The number of H-pyrrole nitrogens is 1. The first kappa shape index (κ1) is 16.5. The fourth-order valence-electron chi connectivity index (χ4n) is 2.12. The number of aromatic nitrogens is 3. The monoisotopic (exact) mass is 336 g/mol. The number of halogens is 4. The summed E-state index contributed by atoms with van der Waals surface area (Å²) in [5, 5.41) is 3.71. The van der Waals surface area contributed by atoms with Crippen LogP contribution in [-0.4, -0.2) is 15.1 Å². The number of nitrogens with one attached hydrogen (secondary N) is 1. The minimum absolute atomic E-state index is 0. The minimum Gasteiger partial charge on any atom is -0.334 e. The fraction of sp³-hybridized carbons (Fsp3) is 0.417. The van der Waals surface area contributed by atoms with Crippen LogP contribution in [0.2, 0.25) is 0 Å². The van der Waals surface area contributed by atoms with Gasteiger partial charge < -0.3 is 15.2 Å². The van der Waals surface area contributed by atoms with Gasteiger partial charge in [0, 0.05) is 0 Å². The first-order valence-electron chi connectivity index (χ1n) is 6.24. The van der Waals surface area contributed by atoms with Crippen LogP contribution in [0.15, 0.2) is 21.5 Å². The van der Waals surface area contributed by atoms with Crippen LogP contribution in [0.1, 0.15) is 30.8 Å². The molecule has 3 rings (SSSR count). The molecule has 1 aliphatic carbocycles. The smallest absolute Gasteiger partial charge is 0.334 e. The van der Waals surface area contributed by atoms with E-state index >= 15 is 0 Å². The zero-order valence-corrected chi connectivity index (χ0v) is 11.9. The van der Waals surface area contributed by atoms with E-state index in [2.05, 4.69) is 10.1 Å². The molecule has 0 radical (unpaired) electrons. The van der Waals surface area contributed by atoms with Gasteiger partial charge in [-0.05, 0) is 31.4 Å². The average Bonchev–Trinajstić information content (AvgIpc) is 2.84. The molecule has 3 N–H and O–H groups in total. The molecule has 0 atom stereocenters. The quantitative estimate of drug-likeness (QED) is 0.876. The lowest BCUT2D eigenvalue weighted by Gasteiger charge is -2.34. The van der Waals surface area contributed by atoms with Crippen molar-refractivity contribution in [3.63, 3.8) is 0 Å². The molecule has 6 nitrogen and oxygen atoms in total. The van der Waals surface area contributed by atoms with E-state index in [1.807, 2.05) is 0 Å². The third-order valence-electron chi connectivity index (χ3n) is 3.56. The van der Waals surface area contributed by atoms with Gasteiger partial charge in [0.2, 0.25) is 0 Å². The van der Waals surface area contributed by atoms with Crippen molar-refractivity contribution < 1.29 is 17.7 Å². The number of rotatable bonds is 2. The maximum absolute atomic E-state index is 12.5. The van der Waals surface area contributed by atoms with Crippen molar-refractivity contribution in [1.29, 1.82) is 0 Å². The van der Waals surface area contributed by atoms with Gasteiger partial charge in [0.25, 0.3) is 11.4 Å². The van der Waals surface area contributed by atoms with E-state index in [9.17, 15) is 18.0 Å². The second kappa shape index (κ2) is 5.40. The lowest BCUT2D eigenvalue weighted by atomic mass is 9.77. The van der Waals surface area contributed by atoms with Gasteiger partial charge in [-0.2, -0.15) is 18.2 Å². The molecule has 0 amide bonds. The summed E-state index contributed by atoms with van der Waals surface area (Å²) in [6.45, 7) is 0. The highest BCUT2D eigenvalue weighted by Crippen LogP contribution is 2.37. The highest BCUT2D eigenvalue weighted by Gasteiger charge is 2.39. The van der Waals surface area contributed by atoms with Crippen LogP contribution < -0.4 is 11.3 Å². The van der Waals surface area contributed by atoms with Crippen molar-refractivity contribution in [2.24, 2.45) is 5.73 Å². The molecule has 2 aromatic heterocycles. The molecule has 1 aliphatic rings. The number of nitrogens with zero attached hydrogens (tertiary/aromatic N) is 2. The first-order chi connectivity index (χ1) is 9.79. The molecule has 2 heterocycles. The Balaban J connectivity index is 0.00000176. The summed E-state index contributed by atoms with van der Waals surface area (Å²) in [7, 11) is 0. The number of pyridine rings is 1. The van der Waals surface area contributed by atoms with Crippen molar-refractivity contribution in [3.05, 3.63) is 34.0 Å². The largest absolute Gasteiger partial charge is 0.431 e. The van der Waals surface area contributed by atoms with Gasteiger partial charge in [-0.3, -0.25) is 4.79 Å². The maximum atomic E-state index is 12.5. The van der Waals surface area contributed by atoms with Crippen LogP contribution in [0.4, 0.5) is 13.2 Å². The van der Waals surface area contributed by atoms with E-state index in [4.69, 9.17) is 10.3 Å². The molecule has 2 aromatic rings. The molecule has 0 spiro atoms. The van der Waals surface area contributed by atoms with Gasteiger partial charge in [-0.1, -0.05) is 5.16 Å². The van der Waals surface area contributed by atoms with E-state index in [1.165, 1.54) is 0 Å². The second-order valence-corrected chi connectivity index (χ2v) is 5.05. The molecule has 1 saturated carbocycles. The molecular weight excluding hydrogens is 325 g/mol. The SMILES string of the molecule is Cl.NC1(c2noc(-c3ccc(C(F)(F)F)[nH]c3=O)n2)CCC1. The molecule has 0 unspecified atom stereocenters. The van der Waals surface area contributed by atoms with Gasteiger partial charge in [-0.25, -0.2) is 0 Å². The number of hydrogen-bond donors (Lipinski definition) is 2. The molecule has 1 fully saturated rings. The van der Waals surface area contributed by atoms with Gasteiger partial charge in [0.15, 0.2) is 5.82 Å². The lowest BCUT2D eigenvalue weighted by Crippen LogP contribution is -2.44. The number of aromatic amines is 1. The zero-order valence-electron chi connectivity index (χ0n) is 11.1. The minimum atomic E-state index is -4.62. The summed E-state index contributed by atoms with van der Waals surface area (Å²) in [4.78, 5) is 17.5. The maximum Gasteiger partial charge on any atom is 0.431 e. The Morgan fingerprint density at radius 2 is 2.00 bits per heavy atom. The fourth-order valence-corrected chi connectivity index (χ4v) is 2.12. The Kier molecular flexibility index (Phi) is 4.05. The van der Waals surface area contributed by atoms with Crippen molar-refractivity contribution in [2.45, 2.75) is 31.0 Å². The second-order valence-electron chi connectivity index (χ2n) is 5.05. The predicted molar refractivity (Wildman–Crippen MR) is 72.3 cm³/mol. The van der Waals surface area contributed by atoms with Crippen LogP contribution in [0.5, 0.6) is 0 Å². The normalized spacial score (nSPS) is 16.7. The van der Waals surface area contributed by atoms with Crippen molar-refractivity contribution in [2.75, 3.05) is 0 Å². The summed E-state index contributed by atoms with van der Waals surface area (Å²) >= 11 is 0. The summed E-state index contributed by atoms with van der Waals surface area (Å²) in [5.74, 6) is 0.125. The van der Waals surface area contributed by atoms with Gasteiger partial charge >= 0.3 is 6.18 Å². The lowest BCUT2D eigenvalue weighted by molar-refractivity contribution is -0.141. The molecule has 0 aromatic carbocycles. The van der Waals surface area contributed by atoms with Crippen LogP contribution in [0.3, 0.4) is 0 Å². The predicted octanol–water partition coefficient (Wildman–Crippen LogP) is 2.20. The molecule has 0 bridgehead atoms. The summed E-state index contributed by atoms with van der Waals surface area (Å²) < 4.78 is 42.4. The highest BCUT2D eigenvalue weighted by molar-refractivity contribution is 5.85. The van der Waals surface area contributed by atoms with E-state index in [0.717, 1.165) is 18.6 Å². The summed E-state index contributed by atoms with van der Waals surface area (Å²) in [6, 6.07) is 1.76. The van der Waals surface area contributed by atoms with Crippen LogP contribution >= 0.6 is 12.4 Å². The van der Waals surface area contributed by atoms with Gasteiger partial charge in [0.05, 0.1) is 5.54 Å². The first-order valence-corrected chi connectivity index (χ1v) is 6.24. The van der Waals surface area contributed by atoms with Crippen molar-refractivity contribution in [1.82, 2.24) is 15.1 Å². The van der Waals surface area contributed by atoms with Gasteiger partial charge in [0.1, 0.15) is 11.3 Å². The third-order valence-corrected chi connectivity index (χ3v) is 3.56. The third kappa shape index (κ3) is 2.73. The molecule has 10 heteroatoms. The molecular formula is C12H12ClF3N4O2. The Bertz CT molecular complexity index is 736. The number of nitrogens with two attached hydrogens (primary N) is 1. The van der Waals surface area contributed by atoms with Crippen molar-refractivity contribution >= 4 is 12.4 Å². The van der Waals surface area contributed by atoms with Crippen LogP contribution in [-0.2, 0) is 11.7 Å². The Hall–Kier alpha value is -1.87. The van der Waals surface area contributed by atoms with Crippen LogP contribution in [0.25, 0.3) is 11.5 Å². The molecule has 22 heavy (non-hydrogen) atoms. The number of hydrogen-bond acceptors (Lipinski definition) is 5. The molecule has 0 aliphatic heterocycles. The topological polar surface area (TPSA) is 97.8 Å². The Morgan fingerprint density at radius 1 is 1.32 bits per heavy atom. The summed E-state index contributed by atoms with van der Waals surface area (Å²) in [5.41, 5.74) is 3.15. The van der Waals surface area contributed by atoms with Crippen LogP contribution in [0, 0.1) is 0 Å². The molecule has 120 valence electrons. The van der Waals surface area contributed by atoms with Gasteiger partial charge in [-0.15, -0.1) is 12.4 Å². The average molecular weight is 337 g/mol. The van der Waals surface area contributed by atoms with E-state index in [0.29, 0.717) is 12.8 Å². The Labute approximate surface area is 128 Å². The number of alkyl halides is 3. The highest BCUT2D eigenvalue weighted by atomic mass is 35.5. The molecule has 0 saturated heterocycles. The summed E-state index contributed by atoms with van der Waals surface area (Å²) in [6.07, 6.45) is -2.27. The van der Waals surface area contributed by atoms with Crippen molar-refractivity contribution in [3.8, 4) is 11.5 Å². The van der Waals surface area contributed by atoms with E-state index < -0.39 is 23.0 Å². The Morgan fingerprint density at radius 3 is 2.50 bits per heavy atom. The van der Waals surface area contributed by atoms with E-state index in [-0.39, 0.29) is 29.7 Å².